The predicted octanol–water partition coefficient (Wildman–Crippen LogP) is 4.53. The number of halogens is 3. The molecule has 3 rings (SSSR count). The van der Waals surface area contributed by atoms with Crippen LogP contribution >= 0.6 is 0 Å². The summed E-state index contributed by atoms with van der Waals surface area (Å²) in [6, 6.07) is 13.9. The zero-order valence-electron chi connectivity index (χ0n) is 13.8. The zero-order valence-corrected chi connectivity index (χ0v) is 13.8. The minimum absolute atomic E-state index is 0.393. The quantitative estimate of drug-likeness (QED) is 0.628. The highest BCUT2D eigenvalue weighted by molar-refractivity contribution is 5.58. The summed E-state index contributed by atoms with van der Waals surface area (Å²) in [5.74, 6) is 1.59. The van der Waals surface area contributed by atoms with E-state index in [0.29, 0.717) is 42.7 Å². The third-order valence-electron chi connectivity index (χ3n) is 3.60. The van der Waals surface area contributed by atoms with Crippen molar-refractivity contribution >= 4 is 0 Å². The van der Waals surface area contributed by atoms with Crippen molar-refractivity contribution in [2.75, 3.05) is 13.2 Å². The third kappa shape index (κ3) is 4.86. The predicted molar refractivity (Wildman–Crippen MR) is 90.6 cm³/mol. The first-order valence-corrected chi connectivity index (χ1v) is 8.03. The Morgan fingerprint density at radius 1 is 1.04 bits per heavy atom. The van der Waals surface area contributed by atoms with Crippen molar-refractivity contribution in [3.05, 3.63) is 72.1 Å². The molecule has 0 amide bonds. The first-order valence-electron chi connectivity index (χ1n) is 8.03. The van der Waals surface area contributed by atoms with Crippen LogP contribution < -0.4 is 10.1 Å². The maximum Gasteiger partial charge on any atom is 0.416 e. The molecule has 7 heteroatoms. The number of furan rings is 1. The summed E-state index contributed by atoms with van der Waals surface area (Å²) in [5, 5.41) is 3.15. The van der Waals surface area contributed by atoms with Crippen molar-refractivity contribution in [1.29, 1.82) is 0 Å². The fraction of sp³-hybridized carbons (Fsp3) is 0.211. The van der Waals surface area contributed by atoms with E-state index in [2.05, 4.69) is 10.3 Å². The second-order valence-corrected chi connectivity index (χ2v) is 5.54. The molecule has 2 heterocycles. The first-order chi connectivity index (χ1) is 12.5. The Morgan fingerprint density at radius 2 is 1.92 bits per heavy atom. The lowest BCUT2D eigenvalue weighted by atomic mass is 10.1. The lowest BCUT2D eigenvalue weighted by Crippen LogP contribution is -2.20. The molecule has 0 atom stereocenters. The molecule has 0 aliphatic carbocycles. The van der Waals surface area contributed by atoms with Gasteiger partial charge in [-0.25, -0.2) is 4.98 Å². The molecule has 0 unspecified atom stereocenters. The van der Waals surface area contributed by atoms with Crippen LogP contribution in [0.25, 0.3) is 11.3 Å². The lowest BCUT2D eigenvalue weighted by molar-refractivity contribution is -0.137. The smallest absolute Gasteiger partial charge is 0.416 e. The maximum atomic E-state index is 12.8. The van der Waals surface area contributed by atoms with Crippen molar-refractivity contribution in [2.45, 2.75) is 12.7 Å². The van der Waals surface area contributed by atoms with Crippen LogP contribution in [0, 0.1) is 0 Å². The number of rotatable bonds is 7. The number of benzene rings is 1. The van der Waals surface area contributed by atoms with Crippen molar-refractivity contribution in [3.63, 3.8) is 0 Å². The molecule has 4 nitrogen and oxygen atoms in total. The van der Waals surface area contributed by atoms with Gasteiger partial charge >= 0.3 is 6.18 Å². The zero-order chi connectivity index (χ0) is 18.4. The molecule has 3 aromatic rings. The molecule has 1 N–H and O–H groups in total. The second-order valence-electron chi connectivity index (χ2n) is 5.54. The molecule has 0 saturated heterocycles. The number of aromatic nitrogens is 1. The average molecular weight is 362 g/mol. The van der Waals surface area contributed by atoms with E-state index < -0.39 is 11.7 Å². The van der Waals surface area contributed by atoms with Gasteiger partial charge in [0, 0.05) is 24.4 Å². The highest BCUT2D eigenvalue weighted by atomic mass is 19.4. The molecule has 1 aromatic carbocycles. The molecule has 2 aromatic heterocycles. The standard InChI is InChI=1S/C19H17F3N2O2/c20-19(21,22)15-5-3-4-14(12-15)17-8-7-16(26-17)13-23-10-11-25-18-6-1-2-9-24-18/h1-9,12,23H,10-11,13H2. The number of hydrogen-bond donors (Lipinski definition) is 1. The first kappa shape index (κ1) is 18.0. The van der Waals surface area contributed by atoms with Crippen LogP contribution in [0.4, 0.5) is 13.2 Å². The molecule has 0 saturated carbocycles. The topological polar surface area (TPSA) is 47.3 Å². The Hall–Kier alpha value is -2.80. The van der Waals surface area contributed by atoms with Gasteiger partial charge in [-0.15, -0.1) is 0 Å². The van der Waals surface area contributed by atoms with Gasteiger partial charge in [0.05, 0.1) is 12.1 Å². The van der Waals surface area contributed by atoms with Crippen molar-refractivity contribution in [1.82, 2.24) is 10.3 Å². The fourth-order valence-corrected chi connectivity index (χ4v) is 2.35. The van der Waals surface area contributed by atoms with E-state index in [1.807, 2.05) is 12.1 Å². The van der Waals surface area contributed by atoms with Gasteiger partial charge in [-0.2, -0.15) is 13.2 Å². The van der Waals surface area contributed by atoms with Crippen LogP contribution in [-0.2, 0) is 12.7 Å². The monoisotopic (exact) mass is 362 g/mol. The molecule has 0 bridgehead atoms. The van der Waals surface area contributed by atoms with Gasteiger partial charge in [-0.1, -0.05) is 18.2 Å². The Bertz CT molecular complexity index is 832. The van der Waals surface area contributed by atoms with E-state index in [1.54, 1.807) is 30.5 Å². The molecule has 0 aliphatic heterocycles. The molecule has 0 radical (unpaired) electrons. The summed E-state index contributed by atoms with van der Waals surface area (Å²) in [7, 11) is 0. The van der Waals surface area contributed by atoms with Crippen molar-refractivity contribution in [2.24, 2.45) is 0 Å². The van der Waals surface area contributed by atoms with E-state index in [0.717, 1.165) is 12.1 Å². The molecular weight excluding hydrogens is 345 g/mol. The summed E-state index contributed by atoms with van der Waals surface area (Å²) in [6.45, 7) is 1.47. The van der Waals surface area contributed by atoms with E-state index in [9.17, 15) is 13.2 Å². The summed E-state index contributed by atoms with van der Waals surface area (Å²) in [6.07, 6.45) is -2.72. The summed E-state index contributed by atoms with van der Waals surface area (Å²) in [4.78, 5) is 4.05. The van der Waals surface area contributed by atoms with Crippen LogP contribution in [0.2, 0.25) is 0 Å². The molecule has 26 heavy (non-hydrogen) atoms. The molecule has 0 fully saturated rings. The van der Waals surface area contributed by atoms with Crippen LogP contribution in [0.1, 0.15) is 11.3 Å². The number of nitrogens with one attached hydrogen (secondary N) is 1. The van der Waals surface area contributed by atoms with E-state index in [-0.39, 0.29) is 0 Å². The normalized spacial score (nSPS) is 11.5. The number of nitrogens with zero attached hydrogens (tertiary/aromatic N) is 1. The molecule has 136 valence electrons. The highest BCUT2D eigenvalue weighted by Gasteiger charge is 2.30. The van der Waals surface area contributed by atoms with Crippen LogP contribution in [0.15, 0.2) is 65.2 Å². The average Bonchev–Trinajstić information content (AvgIpc) is 3.11. The van der Waals surface area contributed by atoms with Gasteiger partial charge in [0.2, 0.25) is 5.88 Å². The number of pyridine rings is 1. The largest absolute Gasteiger partial charge is 0.476 e. The minimum atomic E-state index is -4.37. The Balaban J connectivity index is 1.50. The Labute approximate surface area is 148 Å². The van der Waals surface area contributed by atoms with E-state index in [1.165, 1.54) is 6.07 Å². The Morgan fingerprint density at radius 3 is 2.69 bits per heavy atom. The summed E-state index contributed by atoms with van der Waals surface area (Å²) < 4.78 is 49.5. The lowest BCUT2D eigenvalue weighted by Gasteiger charge is -2.07. The second kappa shape index (κ2) is 8.05. The SMILES string of the molecule is FC(F)(F)c1cccc(-c2ccc(CNCCOc3ccccn3)o2)c1. The Kier molecular flexibility index (Phi) is 5.58. The minimum Gasteiger partial charge on any atom is -0.476 e. The number of hydrogen-bond acceptors (Lipinski definition) is 4. The fourth-order valence-electron chi connectivity index (χ4n) is 2.35. The molecule has 0 aliphatic rings. The molecular formula is C19H17F3N2O2. The van der Waals surface area contributed by atoms with E-state index >= 15 is 0 Å². The van der Waals surface area contributed by atoms with Gasteiger partial charge in [-0.05, 0) is 30.3 Å². The van der Waals surface area contributed by atoms with Gasteiger partial charge in [0.25, 0.3) is 0 Å². The summed E-state index contributed by atoms with van der Waals surface area (Å²) >= 11 is 0. The van der Waals surface area contributed by atoms with Gasteiger partial charge in [0.15, 0.2) is 0 Å². The van der Waals surface area contributed by atoms with Gasteiger partial charge < -0.3 is 14.5 Å². The molecule has 0 spiro atoms. The summed E-state index contributed by atoms with van der Waals surface area (Å²) in [5.41, 5.74) is -0.303. The van der Waals surface area contributed by atoms with Crippen LogP contribution in [-0.4, -0.2) is 18.1 Å². The van der Waals surface area contributed by atoms with Crippen LogP contribution in [0.3, 0.4) is 0 Å². The van der Waals surface area contributed by atoms with Crippen molar-refractivity contribution < 1.29 is 22.3 Å². The van der Waals surface area contributed by atoms with Gasteiger partial charge in [-0.3, -0.25) is 0 Å². The number of ether oxygens (including phenoxy) is 1. The maximum absolute atomic E-state index is 12.8. The third-order valence-corrected chi connectivity index (χ3v) is 3.60. The number of alkyl halides is 3. The van der Waals surface area contributed by atoms with Gasteiger partial charge in [0.1, 0.15) is 18.1 Å². The van der Waals surface area contributed by atoms with Crippen LogP contribution in [0.5, 0.6) is 5.88 Å². The van der Waals surface area contributed by atoms with Crippen molar-refractivity contribution in [3.8, 4) is 17.2 Å². The van der Waals surface area contributed by atoms with E-state index in [4.69, 9.17) is 9.15 Å². The highest BCUT2D eigenvalue weighted by Crippen LogP contribution is 2.32.